The van der Waals surface area contributed by atoms with E-state index in [0.717, 1.165) is 0 Å². The van der Waals surface area contributed by atoms with Crippen molar-refractivity contribution < 1.29 is 14.0 Å². The fourth-order valence-electron chi connectivity index (χ4n) is 2.63. The lowest BCUT2D eigenvalue weighted by molar-refractivity contribution is -0.114. The molecule has 0 aliphatic heterocycles. The summed E-state index contributed by atoms with van der Waals surface area (Å²) in [5.41, 5.74) is 2.02. The first kappa shape index (κ1) is 19.9. The highest BCUT2D eigenvalue weighted by Crippen LogP contribution is 2.16. The van der Waals surface area contributed by atoms with Crippen LogP contribution in [-0.4, -0.2) is 28.3 Å². The molecule has 8 heteroatoms. The third kappa shape index (κ3) is 5.83. The van der Waals surface area contributed by atoms with Gasteiger partial charge in [-0.1, -0.05) is 24.3 Å². The van der Waals surface area contributed by atoms with Crippen LogP contribution in [0.4, 0.5) is 21.7 Å². The van der Waals surface area contributed by atoms with Gasteiger partial charge in [0.1, 0.15) is 5.82 Å². The van der Waals surface area contributed by atoms with Gasteiger partial charge in [-0.3, -0.25) is 9.59 Å². The molecule has 148 valence electrons. The van der Waals surface area contributed by atoms with Crippen molar-refractivity contribution in [2.24, 2.45) is 0 Å². The monoisotopic (exact) mass is 393 g/mol. The van der Waals surface area contributed by atoms with Gasteiger partial charge in [-0.05, 0) is 36.2 Å². The summed E-state index contributed by atoms with van der Waals surface area (Å²) in [6, 6.07) is 13.4. The van der Waals surface area contributed by atoms with E-state index in [1.54, 1.807) is 42.5 Å². The Kier molecular flexibility index (Phi) is 6.47. The third-order valence-electron chi connectivity index (χ3n) is 3.99. The lowest BCUT2D eigenvalue weighted by atomic mass is 10.1. The second-order valence-corrected chi connectivity index (χ2v) is 6.28. The summed E-state index contributed by atoms with van der Waals surface area (Å²) in [6.07, 6.45) is 3.31. The zero-order valence-electron chi connectivity index (χ0n) is 15.8. The molecule has 29 heavy (non-hydrogen) atoms. The molecule has 3 rings (SSSR count). The zero-order valence-corrected chi connectivity index (χ0v) is 15.8. The van der Waals surface area contributed by atoms with E-state index in [2.05, 4.69) is 25.9 Å². The van der Waals surface area contributed by atoms with E-state index in [0.29, 0.717) is 35.9 Å². The molecule has 1 aromatic heterocycles. The standard InChI is InChI=1S/C21H20FN5O2/c1-14(28)26-17-6-4-7-18(11-17)27-20(29)16-12-24-21(25-13-16)23-10-9-15-5-2-3-8-19(15)22/h2-8,11-13H,9-10H2,1H3,(H,26,28)(H,27,29)(H,23,24,25). The van der Waals surface area contributed by atoms with Crippen molar-refractivity contribution in [3.63, 3.8) is 0 Å². The average molecular weight is 393 g/mol. The number of rotatable bonds is 7. The molecule has 2 aromatic carbocycles. The molecule has 0 saturated heterocycles. The van der Waals surface area contributed by atoms with Crippen molar-refractivity contribution >= 4 is 29.1 Å². The second kappa shape index (κ2) is 9.41. The van der Waals surface area contributed by atoms with Gasteiger partial charge in [0.15, 0.2) is 0 Å². The highest BCUT2D eigenvalue weighted by atomic mass is 19.1. The van der Waals surface area contributed by atoms with E-state index < -0.39 is 0 Å². The number of anilines is 3. The van der Waals surface area contributed by atoms with Gasteiger partial charge in [0.2, 0.25) is 11.9 Å². The normalized spacial score (nSPS) is 10.3. The van der Waals surface area contributed by atoms with Crippen molar-refractivity contribution in [2.75, 3.05) is 22.5 Å². The number of hydrogen-bond donors (Lipinski definition) is 3. The smallest absolute Gasteiger partial charge is 0.258 e. The molecular formula is C21H20FN5O2. The first-order valence-electron chi connectivity index (χ1n) is 8.99. The summed E-state index contributed by atoms with van der Waals surface area (Å²) in [6.45, 7) is 1.87. The first-order chi connectivity index (χ1) is 14.0. The summed E-state index contributed by atoms with van der Waals surface area (Å²) in [7, 11) is 0. The van der Waals surface area contributed by atoms with Gasteiger partial charge in [-0.15, -0.1) is 0 Å². The summed E-state index contributed by atoms with van der Waals surface area (Å²) in [5.74, 6) is -0.460. The van der Waals surface area contributed by atoms with E-state index in [9.17, 15) is 14.0 Å². The SMILES string of the molecule is CC(=O)Nc1cccc(NC(=O)c2cnc(NCCc3ccccc3F)nc2)c1. The van der Waals surface area contributed by atoms with Crippen LogP contribution in [0.1, 0.15) is 22.8 Å². The minimum absolute atomic E-state index is 0.194. The van der Waals surface area contributed by atoms with E-state index in [1.165, 1.54) is 25.4 Å². The fraction of sp³-hybridized carbons (Fsp3) is 0.143. The van der Waals surface area contributed by atoms with Gasteiger partial charge >= 0.3 is 0 Å². The zero-order chi connectivity index (χ0) is 20.6. The van der Waals surface area contributed by atoms with Gasteiger partial charge in [0.25, 0.3) is 5.91 Å². The van der Waals surface area contributed by atoms with Crippen molar-refractivity contribution in [1.29, 1.82) is 0 Å². The average Bonchev–Trinajstić information content (AvgIpc) is 2.70. The topological polar surface area (TPSA) is 96.0 Å². The number of halogens is 1. The minimum Gasteiger partial charge on any atom is -0.354 e. The molecule has 0 unspecified atom stereocenters. The van der Waals surface area contributed by atoms with Crippen LogP contribution in [-0.2, 0) is 11.2 Å². The Balaban J connectivity index is 1.55. The van der Waals surface area contributed by atoms with E-state index >= 15 is 0 Å². The predicted molar refractivity (Wildman–Crippen MR) is 109 cm³/mol. The maximum absolute atomic E-state index is 13.6. The van der Waals surface area contributed by atoms with Gasteiger partial charge in [0.05, 0.1) is 5.56 Å². The molecule has 0 aliphatic rings. The molecule has 0 radical (unpaired) electrons. The van der Waals surface area contributed by atoms with Crippen LogP contribution in [0.3, 0.4) is 0 Å². The van der Waals surface area contributed by atoms with Crippen molar-refractivity contribution in [3.05, 3.63) is 77.9 Å². The predicted octanol–water partition coefficient (Wildman–Crippen LogP) is 3.48. The molecule has 0 saturated carbocycles. The van der Waals surface area contributed by atoms with Crippen LogP contribution in [0.5, 0.6) is 0 Å². The number of hydrogen-bond acceptors (Lipinski definition) is 5. The van der Waals surface area contributed by atoms with E-state index in [-0.39, 0.29) is 23.2 Å². The lowest BCUT2D eigenvalue weighted by Crippen LogP contribution is -2.14. The Labute approximate surface area is 167 Å². The van der Waals surface area contributed by atoms with Crippen molar-refractivity contribution in [2.45, 2.75) is 13.3 Å². The molecule has 2 amide bonds. The molecule has 0 spiro atoms. The van der Waals surface area contributed by atoms with Crippen LogP contribution in [0, 0.1) is 5.82 Å². The summed E-state index contributed by atoms with van der Waals surface area (Å²) in [4.78, 5) is 31.7. The molecule has 0 atom stereocenters. The number of aromatic nitrogens is 2. The van der Waals surface area contributed by atoms with E-state index in [1.807, 2.05) is 0 Å². The number of benzene rings is 2. The first-order valence-corrected chi connectivity index (χ1v) is 8.99. The van der Waals surface area contributed by atoms with Crippen LogP contribution >= 0.6 is 0 Å². The van der Waals surface area contributed by atoms with Gasteiger partial charge in [0, 0.05) is 37.2 Å². The molecule has 3 aromatic rings. The maximum atomic E-state index is 13.6. The maximum Gasteiger partial charge on any atom is 0.258 e. The van der Waals surface area contributed by atoms with Crippen LogP contribution in [0.2, 0.25) is 0 Å². The van der Waals surface area contributed by atoms with Gasteiger partial charge < -0.3 is 16.0 Å². The molecule has 1 heterocycles. The summed E-state index contributed by atoms with van der Waals surface area (Å²) >= 11 is 0. The molecule has 0 fully saturated rings. The number of nitrogens with zero attached hydrogens (tertiary/aromatic N) is 2. The number of carbonyl (C=O) groups is 2. The van der Waals surface area contributed by atoms with Crippen LogP contribution in [0.25, 0.3) is 0 Å². The largest absolute Gasteiger partial charge is 0.354 e. The molecule has 7 nitrogen and oxygen atoms in total. The van der Waals surface area contributed by atoms with E-state index in [4.69, 9.17) is 0 Å². The van der Waals surface area contributed by atoms with Gasteiger partial charge in [-0.25, -0.2) is 14.4 Å². The number of carbonyl (C=O) groups excluding carboxylic acids is 2. The Morgan fingerprint density at radius 1 is 0.966 bits per heavy atom. The summed E-state index contributed by atoms with van der Waals surface area (Å²) < 4.78 is 13.6. The molecule has 0 aliphatic carbocycles. The minimum atomic E-state index is -0.372. The molecule has 0 bridgehead atoms. The number of nitrogens with one attached hydrogen (secondary N) is 3. The lowest BCUT2D eigenvalue weighted by Gasteiger charge is -2.08. The Morgan fingerprint density at radius 2 is 1.66 bits per heavy atom. The molecular weight excluding hydrogens is 373 g/mol. The van der Waals surface area contributed by atoms with Gasteiger partial charge in [-0.2, -0.15) is 0 Å². The number of amides is 2. The quantitative estimate of drug-likeness (QED) is 0.571. The van der Waals surface area contributed by atoms with Crippen LogP contribution < -0.4 is 16.0 Å². The van der Waals surface area contributed by atoms with Crippen LogP contribution in [0.15, 0.2) is 60.9 Å². The fourth-order valence-corrected chi connectivity index (χ4v) is 2.63. The second-order valence-electron chi connectivity index (χ2n) is 6.28. The third-order valence-corrected chi connectivity index (χ3v) is 3.99. The Bertz CT molecular complexity index is 1010. The Morgan fingerprint density at radius 3 is 2.34 bits per heavy atom. The summed E-state index contributed by atoms with van der Waals surface area (Å²) in [5, 5.41) is 8.38. The highest BCUT2D eigenvalue weighted by molar-refractivity contribution is 6.04. The molecule has 3 N–H and O–H groups in total. The van der Waals surface area contributed by atoms with Crippen molar-refractivity contribution in [3.8, 4) is 0 Å². The Hall–Kier alpha value is -3.81. The van der Waals surface area contributed by atoms with Crippen molar-refractivity contribution in [1.82, 2.24) is 9.97 Å². The highest BCUT2D eigenvalue weighted by Gasteiger charge is 2.09.